The van der Waals surface area contributed by atoms with E-state index in [0.29, 0.717) is 22.5 Å². The number of benzene rings is 5. The van der Waals surface area contributed by atoms with Crippen molar-refractivity contribution in [3.8, 4) is 22.3 Å². The van der Waals surface area contributed by atoms with Crippen LogP contribution in [-0.2, 0) is 15.7 Å². The summed E-state index contributed by atoms with van der Waals surface area (Å²) in [7, 11) is 0. The largest absolute Gasteiger partial charge is 0.460 e. The van der Waals surface area contributed by atoms with Gasteiger partial charge in [-0.25, -0.2) is 4.79 Å². The molecule has 5 aromatic carbocycles. The van der Waals surface area contributed by atoms with E-state index in [1.165, 1.54) is 31.2 Å². The fraction of sp³-hybridized carbons (Fsp3) is 0.108. The van der Waals surface area contributed by atoms with Crippen LogP contribution in [0.25, 0.3) is 22.3 Å². The van der Waals surface area contributed by atoms with Gasteiger partial charge >= 0.3 is 12.1 Å². The van der Waals surface area contributed by atoms with Crippen LogP contribution < -0.4 is 10.2 Å². The number of ether oxygens (including phenoxy) is 1. The fourth-order valence-corrected chi connectivity index (χ4v) is 4.99. The first-order chi connectivity index (χ1) is 22.1. The molecule has 0 aliphatic carbocycles. The Hall–Kier alpha value is -5.70. The molecule has 0 atom stereocenters. The number of para-hydroxylation sites is 1. The number of hydrogen-bond acceptors (Lipinski definition) is 4. The topological polar surface area (TPSA) is 75.7 Å². The van der Waals surface area contributed by atoms with Gasteiger partial charge in [-0.05, 0) is 65.2 Å². The van der Waals surface area contributed by atoms with E-state index in [2.05, 4.69) is 5.32 Å². The molecular weight excluding hydrogens is 593 g/mol. The van der Waals surface area contributed by atoms with E-state index in [4.69, 9.17) is 4.74 Å². The number of carbonyl (C=O) groups excluding carboxylic acids is 3. The van der Waals surface area contributed by atoms with E-state index in [-0.39, 0.29) is 30.2 Å². The molecule has 0 aliphatic heterocycles. The highest BCUT2D eigenvalue weighted by molar-refractivity contribution is 6.09. The normalized spacial score (nSPS) is 11.0. The molecule has 5 rings (SSSR count). The molecule has 0 radical (unpaired) electrons. The lowest BCUT2D eigenvalue weighted by atomic mass is 9.98. The second-order valence-corrected chi connectivity index (χ2v) is 10.3. The summed E-state index contributed by atoms with van der Waals surface area (Å²) in [5.74, 6) is -1.25. The predicted molar refractivity (Wildman–Crippen MR) is 171 cm³/mol. The zero-order valence-electron chi connectivity index (χ0n) is 24.8. The number of esters is 1. The molecule has 0 fully saturated rings. The third kappa shape index (κ3) is 7.50. The van der Waals surface area contributed by atoms with Gasteiger partial charge in [0.1, 0.15) is 6.61 Å². The van der Waals surface area contributed by atoms with Gasteiger partial charge in [-0.2, -0.15) is 13.2 Å². The fourth-order valence-electron chi connectivity index (χ4n) is 4.99. The number of nitrogens with zero attached hydrogens (tertiary/aromatic N) is 1. The lowest BCUT2D eigenvalue weighted by Crippen LogP contribution is -2.33. The Morgan fingerprint density at radius 2 is 1.28 bits per heavy atom. The average Bonchev–Trinajstić information content (AvgIpc) is 3.07. The maximum Gasteiger partial charge on any atom is 0.416 e. The van der Waals surface area contributed by atoms with Crippen molar-refractivity contribution in [1.29, 1.82) is 0 Å². The standard InChI is InChI=1S/C37H29F3N2O4/c1-25(43)42(34-14-8-7-12-32(34)26-9-3-2-4-10-26)23-24-46-36(45)28-17-21-30(22-18-28)41-35(44)33-13-6-5-11-31(33)27-15-19-29(20-16-27)37(38,39)40/h2-22H,23-24H2,1H3,(H,41,44). The van der Waals surface area contributed by atoms with Gasteiger partial charge < -0.3 is 15.0 Å². The Kier molecular flexibility index (Phi) is 9.61. The van der Waals surface area contributed by atoms with Gasteiger partial charge in [0.25, 0.3) is 5.91 Å². The molecule has 0 saturated carbocycles. The second-order valence-electron chi connectivity index (χ2n) is 10.3. The minimum absolute atomic E-state index is 0.0409. The van der Waals surface area contributed by atoms with Crippen molar-refractivity contribution in [3.05, 3.63) is 144 Å². The molecule has 6 nitrogen and oxygen atoms in total. The Morgan fingerprint density at radius 3 is 1.93 bits per heavy atom. The first-order valence-electron chi connectivity index (χ1n) is 14.4. The van der Waals surface area contributed by atoms with Crippen molar-refractivity contribution in [2.24, 2.45) is 0 Å². The van der Waals surface area contributed by atoms with E-state index in [9.17, 15) is 27.6 Å². The lowest BCUT2D eigenvalue weighted by molar-refractivity contribution is -0.137. The molecule has 0 bridgehead atoms. The molecule has 0 heterocycles. The summed E-state index contributed by atoms with van der Waals surface area (Å²) in [5.41, 5.74) is 3.63. The predicted octanol–water partition coefficient (Wildman–Crippen LogP) is 8.50. The maximum atomic E-state index is 13.1. The van der Waals surface area contributed by atoms with Crippen LogP contribution in [0, 0.1) is 0 Å². The minimum Gasteiger partial charge on any atom is -0.460 e. The first-order valence-corrected chi connectivity index (χ1v) is 14.4. The smallest absolute Gasteiger partial charge is 0.416 e. The maximum absolute atomic E-state index is 13.1. The van der Waals surface area contributed by atoms with E-state index in [1.807, 2.05) is 54.6 Å². The monoisotopic (exact) mass is 622 g/mol. The van der Waals surface area contributed by atoms with Crippen LogP contribution >= 0.6 is 0 Å². The van der Waals surface area contributed by atoms with Gasteiger partial charge in [0.2, 0.25) is 5.91 Å². The molecule has 0 spiro atoms. The molecule has 0 unspecified atom stereocenters. The van der Waals surface area contributed by atoms with Crippen LogP contribution in [0.1, 0.15) is 33.2 Å². The molecule has 0 aromatic heterocycles. The quantitative estimate of drug-likeness (QED) is 0.167. The number of anilines is 2. The summed E-state index contributed by atoms with van der Waals surface area (Å²) < 4.78 is 44.5. The van der Waals surface area contributed by atoms with Crippen molar-refractivity contribution >= 4 is 29.2 Å². The third-order valence-corrected chi connectivity index (χ3v) is 7.28. The third-order valence-electron chi connectivity index (χ3n) is 7.28. The van der Waals surface area contributed by atoms with Crippen LogP contribution in [0.3, 0.4) is 0 Å². The number of hydrogen-bond donors (Lipinski definition) is 1. The van der Waals surface area contributed by atoms with Gasteiger partial charge in [0, 0.05) is 23.7 Å². The van der Waals surface area contributed by atoms with Crippen LogP contribution in [0.4, 0.5) is 24.5 Å². The number of alkyl halides is 3. The van der Waals surface area contributed by atoms with Crippen molar-refractivity contribution in [3.63, 3.8) is 0 Å². The Bertz CT molecular complexity index is 1840. The van der Waals surface area contributed by atoms with Gasteiger partial charge in [0.15, 0.2) is 0 Å². The highest BCUT2D eigenvalue weighted by Crippen LogP contribution is 2.33. The van der Waals surface area contributed by atoms with Crippen LogP contribution in [0.5, 0.6) is 0 Å². The minimum atomic E-state index is -4.46. The summed E-state index contributed by atoms with van der Waals surface area (Å²) in [6, 6.07) is 34.5. The van der Waals surface area contributed by atoms with Crippen molar-refractivity contribution in [1.82, 2.24) is 0 Å². The number of carbonyl (C=O) groups is 3. The summed E-state index contributed by atoms with van der Waals surface area (Å²) in [5, 5.41) is 2.76. The van der Waals surface area contributed by atoms with Crippen molar-refractivity contribution in [2.45, 2.75) is 13.1 Å². The summed E-state index contributed by atoms with van der Waals surface area (Å²) in [6.45, 7) is 1.57. The van der Waals surface area contributed by atoms with Crippen molar-refractivity contribution < 1.29 is 32.3 Å². The van der Waals surface area contributed by atoms with Gasteiger partial charge in [-0.15, -0.1) is 0 Å². The Labute approximate surface area is 264 Å². The Morgan fingerprint density at radius 1 is 0.696 bits per heavy atom. The molecule has 0 aliphatic rings. The zero-order valence-corrected chi connectivity index (χ0v) is 24.8. The molecule has 232 valence electrons. The highest BCUT2D eigenvalue weighted by atomic mass is 19.4. The van der Waals surface area contributed by atoms with E-state index < -0.39 is 23.6 Å². The summed E-state index contributed by atoms with van der Waals surface area (Å²) in [4.78, 5) is 40.0. The van der Waals surface area contributed by atoms with E-state index >= 15 is 0 Å². The number of halogens is 3. The first kappa shape index (κ1) is 31.7. The molecule has 5 aromatic rings. The Balaban J connectivity index is 1.21. The second kappa shape index (κ2) is 13.9. The molecular formula is C37H29F3N2O4. The zero-order chi connectivity index (χ0) is 32.7. The molecule has 2 amide bonds. The average molecular weight is 623 g/mol. The van der Waals surface area contributed by atoms with E-state index in [1.54, 1.807) is 41.3 Å². The SMILES string of the molecule is CC(=O)N(CCOC(=O)c1ccc(NC(=O)c2ccccc2-c2ccc(C(F)(F)F)cc2)cc1)c1ccccc1-c1ccccc1. The van der Waals surface area contributed by atoms with Crippen LogP contribution in [0.2, 0.25) is 0 Å². The number of amides is 2. The van der Waals surface area contributed by atoms with E-state index in [0.717, 1.165) is 23.3 Å². The molecule has 1 N–H and O–H groups in total. The van der Waals surface area contributed by atoms with Crippen LogP contribution in [0.15, 0.2) is 127 Å². The highest BCUT2D eigenvalue weighted by Gasteiger charge is 2.30. The lowest BCUT2D eigenvalue weighted by Gasteiger charge is -2.24. The summed E-state index contributed by atoms with van der Waals surface area (Å²) in [6.07, 6.45) is -4.46. The molecule has 46 heavy (non-hydrogen) atoms. The molecule has 0 saturated heterocycles. The number of nitrogens with one attached hydrogen (secondary N) is 1. The molecule has 9 heteroatoms. The van der Waals surface area contributed by atoms with Crippen molar-refractivity contribution in [2.75, 3.05) is 23.4 Å². The summed E-state index contributed by atoms with van der Waals surface area (Å²) >= 11 is 0. The van der Waals surface area contributed by atoms with Gasteiger partial charge in [0.05, 0.1) is 23.4 Å². The van der Waals surface area contributed by atoms with Gasteiger partial charge in [-0.3, -0.25) is 9.59 Å². The van der Waals surface area contributed by atoms with Crippen LogP contribution in [-0.4, -0.2) is 30.9 Å². The van der Waals surface area contributed by atoms with Gasteiger partial charge in [-0.1, -0.05) is 78.9 Å². The number of rotatable bonds is 9.